The minimum atomic E-state index is -2.94. The van der Waals surface area contributed by atoms with E-state index in [1.807, 2.05) is 0 Å². The van der Waals surface area contributed by atoms with Gasteiger partial charge in [-0.15, -0.1) is 0 Å². The first-order valence-corrected chi connectivity index (χ1v) is 18.3. The monoisotopic (exact) mass is 821 g/mol. The molecule has 5 rings (SSSR count). The van der Waals surface area contributed by atoms with E-state index in [9.17, 15) is 48.6 Å². The summed E-state index contributed by atoms with van der Waals surface area (Å²) in [6.07, 6.45) is -10.1. The molecular weight excluding hydrogens is 774 g/mol. The molecule has 2 aliphatic heterocycles. The Kier molecular flexibility index (Phi) is 11.5. The maximum Gasteiger partial charge on any atom is 0.340 e. The number of cyclic esters (lactones) is 1. The number of hydrogen-bond acceptors (Lipinski definition) is 20. The molecule has 4 aliphatic rings. The molecule has 13 atom stereocenters. The van der Waals surface area contributed by atoms with Gasteiger partial charge in [-0.2, -0.15) is 0 Å². The largest absolute Gasteiger partial charge is 0.465 e. The van der Waals surface area contributed by atoms with Gasteiger partial charge in [0.25, 0.3) is 0 Å². The summed E-state index contributed by atoms with van der Waals surface area (Å²) in [5.41, 5.74) is -13.3. The quantitative estimate of drug-likeness (QED) is 0.274. The second kappa shape index (κ2) is 15.2. The zero-order valence-corrected chi connectivity index (χ0v) is 33.5. The number of esters is 8. The van der Waals surface area contributed by atoms with Gasteiger partial charge in [-0.1, -0.05) is 6.92 Å². The van der Waals surface area contributed by atoms with Crippen molar-refractivity contribution in [3.8, 4) is 0 Å². The lowest BCUT2D eigenvalue weighted by atomic mass is 9.45. The molecule has 2 N–H and O–H groups in total. The number of carbonyl (C=O) groups excluding carboxylic acids is 8. The summed E-state index contributed by atoms with van der Waals surface area (Å²) >= 11 is 0. The van der Waals surface area contributed by atoms with E-state index in [-0.39, 0.29) is 11.1 Å². The summed E-state index contributed by atoms with van der Waals surface area (Å²) < 4.78 is 53.9. The lowest BCUT2D eigenvalue weighted by molar-refractivity contribution is -0.387. The standard InChI is InChI=1S/C38H47NO19/c1-16-23-11-12-39-13-24(23)32(46)51-14-34(8)25-26(52-18(3)41)30(55-21(6)44)37(15-50-17(2)40)31(56-22(7)45)27(53-19(4)42)29(57-33(47)35(16,9)48)36(10,49)38(37,58-34)28(25)54-20(5)43/h11-13,16,25-31,48-49H,14-15H2,1-10H3. The Hall–Kier alpha value is -5.21. The Labute approximate surface area is 332 Å². The van der Waals surface area contributed by atoms with Gasteiger partial charge in [0, 0.05) is 59.9 Å². The van der Waals surface area contributed by atoms with Crippen molar-refractivity contribution in [3.63, 3.8) is 0 Å². The fraction of sp³-hybridized carbons (Fsp3) is 0.658. The summed E-state index contributed by atoms with van der Waals surface area (Å²) in [5, 5.41) is 25.3. The molecule has 3 fully saturated rings. The molecule has 1 aromatic heterocycles. The van der Waals surface area contributed by atoms with Crippen molar-refractivity contribution in [2.45, 2.75) is 134 Å². The van der Waals surface area contributed by atoms with E-state index >= 15 is 0 Å². The number of aliphatic hydroxyl groups is 2. The van der Waals surface area contributed by atoms with Crippen molar-refractivity contribution in [1.29, 1.82) is 0 Å². The fourth-order valence-corrected chi connectivity index (χ4v) is 9.29. The summed E-state index contributed by atoms with van der Waals surface area (Å²) in [6.45, 7) is 8.63. The van der Waals surface area contributed by atoms with Crippen molar-refractivity contribution in [2.75, 3.05) is 13.2 Å². The Balaban J connectivity index is 2.03. The van der Waals surface area contributed by atoms with E-state index in [4.69, 9.17) is 42.6 Å². The number of fused-ring (bicyclic) bond motifs is 5. The van der Waals surface area contributed by atoms with Gasteiger partial charge in [0.15, 0.2) is 35.6 Å². The first-order valence-electron chi connectivity index (χ1n) is 18.3. The summed E-state index contributed by atoms with van der Waals surface area (Å²) in [4.78, 5) is 111. The van der Waals surface area contributed by atoms with Crippen LogP contribution in [0.25, 0.3) is 0 Å². The normalized spacial score (nSPS) is 39.0. The molecule has 58 heavy (non-hydrogen) atoms. The second-order valence-electron chi connectivity index (χ2n) is 15.6. The van der Waals surface area contributed by atoms with Crippen LogP contribution in [0.5, 0.6) is 0 Å². The van der Waals surface area contributed by atoms with E-state index in [1.54, 1.807) is 0 Å². The van der Waals surface area contributed by atoms with Crippen molar-refractivity contribution >= 4 is 47.8 Å². The predicted octanol–water partition coefficient (Wildman–Crippen LogP) is 0.148. The van der Waals surface area contributed by atoms with Crippen molar-refractivity contribution in [1.82, 2.24) is 4.98 Å². The molecule has 1 saturated heterocycles. The van der Waals surface area contributed by atoms with Crippen LogP contribution in [-0.4, -0.2) is 135 Å². The Morgan fingerprint density at radius 2 is 1.29 bits per heavy atom. The van der Waals surface area contributed by atoms with E-state index in [0.29, 0.717) is 0 Å². The molecule has 318 valence electrons. The Morgan fingerprint density at radius 3 is 1.83 bits per heavy atom. The Bertz CT molecular complexity index is 1910. The van der Waals surface area contributed by atoms with Gasteiger partial charge in [-0.05, 0) is 32.4 Å². The highest BCUT2D eigenvalue weighted by Crippen LogP contribution is 2.70. The van der Waals surface area contributed by atoms with Gasteiger partial charge in [0.1, 0.15) is 42.0 Å². The molecule has 0 amide bonds. The number of pyridine rings is 1. The number of ether oxygens (including phenoxy) is 9. The maximum absolute atomic E-state index is 14.4. The second-order valence-corrected chi connectivity index (χ2v) is 15.6. The van der Waals surface area contributed by atoms with Crippen LogP contribution >= 0.6 is 0 Å². The topological polar surface area (TPSA) is 273 Å². The van der Waals surface area contributed by atoms with Gasteiger partial charge < -0.3 is 52.8 Å². The van der Waals surface area contributed by atoms with E-state index in [1.165, 1.54) is 26.1 Å². The van der Waals surface area contributed by atoms with Crippen LogP contribution in [0.1, 0.15) is 91.1 Å². The van der Waals surface area contributed by atoms with Gasteiger partial charge in [0.2, 0.25) is 0 Å². The number of rotatable bonds is 7. The van der Waals surface area contributed by atoms with Crippen LogP contribution in [0, 0.1) is 11.3 Å². The van der Waals surface area contributed by atoms with Crippen LogP contribution in [0.2, 0.25) is 0 Å². The first-order chi connectivity index (χ1) is 26.8. The summed E-state index contributed by atoms with van der Waals surface area (Å²) in [6, 6.07) is 1.35. The molecule has 20 nitrogen and oxygen atoms in total. The van der Waals surface area contributed by atoms with Crippen molar-refractivity contribution in [3.05, 3.63) is 29.6 Å². The minimum Gasteiger partial charge on any atom is -0.465 e. The Morgan fingerprint density at radius 1 is 0.776 bits per heavy atom. The molecule has 20 heteroatoms. The molecule has 2 saturated carbocycles. The number of hydrogen-bond donors (Lipinski definition) is 2. The van der Waals surface area contributed by atoms with Crippen LogP contribution in [-0.2, 0) is 76.2 Å². The molecule has 3 heterocycles. The maximum atomic E-state index is 14.4. The number of carbonyl (C=O) groups is 8. The highest BCUT2D eigenvalue weighted by Gasteiger charge is 2.92. The third-order valence-electron chi connectivity index (χ3n) is 11.6. The number of aromatic nitrogens is 1. The summed E-state index contributed by atoms with van der Waals surface area (Å²) in [7, 11) is 0. The number of nitrogens with zero attached hydrogens (tertiary/aromatic N) is 1. The highest BCUT2D eigenvalue weighted by atomic mass is 16.7. The van der Waals surface area contributed by atoms with Crippen molar-refractivity contribution in [2.24, 2.45) is 11.3 Å². The zero-order valence-electron chi connectivity index (χ0n) is 33.5. The molecule has 2 aliphatic carbocycles. The highest BCUT2D eigenvalue weighted by molar-refractivity contribution is 5.92. The average molecular weight is 822 g/mol. The lowest BCUT2D eigenvalue weighted by Crippen LogP contribution is -2.89. The van der Waals surface area contributed by atoms with Crippen LogP contribution < -0.4 is 0 Å². The zero-order chi connectivity index (χ0) is 43.5. The van der Waals surface area contributed by atoms with E-state index < -0.39 is 137 Å². The molecular formula is C38H47NO19. The molecule has 13 unspecified atom stereocenters. The molecule has 1 spiro atoms. The van der Waals surface area contributed by atoms with Gasteiger partial charge >= 0.3 is 47.8 Å². The summed E-state index contributed by atoms with van der Waals surface area (Å²) in [5.74, 6) is -11.8. The smallest absolute Gasteiger partial charge is 0.340 e. The van der Waals surface area contributed by atoms with E-state index in [2.05, 4.69) is 4.98 Å². The molecule has 4 bridgehead atoms. The van der Waals surface area contributed by atoms with Gasteiger partial charge in [0.05, 0.1) is 11.5 Å². The molecule has 1 aromatic rings. The lowest BCUT2D eigenvalue weighted by Gasteiger charge is -2.67. The third kappa shape index (κ3) is 6.83. The van der Waals surface area contributed by atoms with Gasteiger partial charge in [-0.25, -0.2) is 9.59 Å². The van der Waals surface area contributed by atoms with Crippen LogP contribution in [0.15, 0.2) is 18.5 Å². The minimum absolute atomic E-state index is 0.0577. The van der Waals surface area contributed by atoms with Crippen LogP contribution in [0.4, 0.5) is 0 Å². The van der Waals surface area contributed by atoms with E-state index in [0.717, 1.165) is 61.6 Å². The fourth-order valence-electron chi connectivity index (χ4n) is 9.29. The van der Waals surface area contributed by atoms with Crippen LogP contribution in [0.3, 0.4) is 0 Å². The SMILES string of the molecule is CC(=O)OCC12C(OC(C)=O)C(OC(C)=O)C3C(OC(C)=O)C14OC3(C)COC(=O)c1cnccc1C(C)C(C)(O)C(=O)OC(C(OC(C)=O)C2OC(C)=O)C4(C)O. The molecule has 0 aromatic carbocycles. The first kappa shape index (κ1) is 43.9. The van der Waals surface area contributed by atoms with Crippen molar-refractivity contribution < 1.29 is 91.2 Å². The third-order valence-corrected chi connectivity index (χ3v) is 11.6. The molecule has 0 radical (unpaired) electrons. The predicted molar refractivity (Wildman–Crippen MR) is 187 cm³/mol. The van der Waals surface area contributed by atoms with Gasteiger partial charge in [-0.3, -0.25) is 33.8 Å². The average Bonchev–Trinajstić information content (AvgIpc) is 3.32.